The molecule has 0 spiro atoms. The van der Waals surface area contributed by atoms with Gasteiger partial charge in [0.1, 0.15) is 0 Å². The topological polar surface area (TPSA) is 45.9 Å². The first-order valence-electron chi connectivity index (χ1n) is 12.4. The van der Waals surface area contributed by atoms with Crippen LogP contribution in [-0.4, -0.2) is 15.4 Å². The maximum absolute atomic E-state index is 6.19. The van der Waals surface area contributed by atoms with Crippen molar-refractivity contribution >= 4 is 17.2 Å². The summed E-state index contributed by atoms with van der Waals surface area (Å²) in [5.41, 5.74) is 5.84. The van der Waals surface area contributed by atoms with Gasteiger partial charge in [0.2, 0.25) is 0 Å². The molecule has 1 aromatic heterocycles. The molecular weight excluding hydrogens is 665 g/mol. The molecule has 0 saturated carbocycles. The SMILES string of the molecule is CC1=NN(c2[c-]c(Oc3[c-]c(-c4nc(-c5ccccc5)c(C)n4C)ccc3)ccc2)[CH-]N1c1ccccc1.[Pt]. The fourth-order valence-electron chi connectivity index (χ4n) is 4.46. The van der Waals surface area contributed by atoms with Crippen molar-refractivity contribution < 1.29 is 25.8 Å². The summed E-state index contributed by atoms with van der Waals surface area (Å²) in [6.07, 6.45) is 0. The minimum absolute atomic E-state index is 0. The van der Waals surface area contributed by atoms with Crippen LogP contribution in [-0.2, 0) is 28.1 Å². The predicted molar refractivity (Wildman–Crippen MR) is 152 cm³/mol. The third kappa shape index (κ3) is 5.38. The second-order valence-electron chi connectivity index (χ2n) is 9.04. The zero-order valence-corrected chi connectivity index (χ0v) is 24.0. The van der Waals surface area contributed by atoms with E-state index in [0.717, 1.165) is 45.5 Å². The van der Waals surface area contributed by atoms with Crippen LogP contribution in [0.4, 0.5) is 11.4 Å². The van der Waals surface area contributed by atoms with Crippen molar-refractivity contribution in [2.24, 2.45) is 12.1 Å². The Bertz CT molecular complexity index is 1610. The van der Waals surface area contributed by atoms with Crippen molar-refractivity contribution in [3.63, 3.8) is 0 Å². The fourth-order valence-corrected chi connectivity index (χ4v) is 4.46. The largest absolute Gasteiger partial charge is 0.503 e. The molecule has 0 atom stereocenters. The molecule has 1 aliphatic heterocycles. The summed E-state index contributed by atoms with van der Waals surface area (Å²) in [5.74, 6) is 2.88. The van der Waals surface area contributed by atoms with Gasteiger partial charge in [-0.1, -0.05) is 60.3 Å². The van der Waals surface area contributed by atoms with Crippen LogP contribution < -0.4 is 14.6 Å². The summed E-state index contributed by atoms with van der Waals surface area (Å²) in [6, 6.07) is 38.7. The molecule has 0 bridgehead atoms. The number of amidine groups is 1. The maximum atomic E-state index is 6.19. The van der Waals surface area contributed by atoms with E-state index < -0.39 is 0 Å². The number of hydrogen-bond donors (Lipinski definition) is 0. The number of rotatable bonds is 6. The van der Waals surface area contributed by atoms with Crippen molar-refractivity contribution in [1.29, 1.82) is 0 Å². The molecule has 0 amide bonds. The molecule has 198 valence electrons. The molecule has 7 heteroatoms. The van der Waals surface area contributed by atoms with E-state index in [9.17, 15) is 0 Å². The van der Waals surface area contributed by atoms with Gasteiger partial charge in [0, 0.05) is 56.6 Å². The zero-order chi connectivity index (χ0) is 26.1. The number of imidazole rings is 1. The molecule has 0 N–H and O–H groups in total. The van der Waals surface area contributed by atoms with Crippen molar-refractivity contribution in [3.8, 4) is 34.1 Å². The number of aromatic nitrogens is 2. The summed E-state index contributed by atoms with van der Waals surface area (Å²) in [7, 11) is 2.02. The first-order valence-corrected chi connectivity index (χ1v) is 12.4. The molecule has 0 saturated heterocycles. The molecule has 0 aliphatic carbocycles. The van der Waals surface area contributed by atoms with Crippen LogP contribution in [0.3, 0.4) is 0 Å². The van der Waals surface area contributed by atoms with E-state index in [4.69, 9.17) is 9.72 Å². The molecular formula is C32H26N5OPt-3. The summed E-state index contributed by atoms with van der Waals surface area (Å²) in [4.78, 5) is 6.98. The molecule has 0 unspecified atom stereocenters. The second kappa shape index (κ2) is 11.3. The smallest absolute Gasteiger partial charge is 0.0952 e. The average Bonchev–Trinajstić information content (AvgIpc) is 3.49. The van der Waals surface area contributed by atoms with Crippen LogP contribution in [0.25, 0.3) is 22.6 Å². The minimum atomic E-state index is 0. The Morgan fingerprint density at radius 3 is 2.18 bits per heavy atom. The zero-order valence-electron chi connectivity index (χ0n) is 21.8. The van der Waals surface area contributed by atoms with E-state index in [-0.39, 0.29) is 21.1 Å². The van der Waals surface area contributed by atoms with Crippen LogP contribution >= 0.6 is 0 Å². The van der Waals surface area contributed by atoms with Gasteiger partial charge in [-0.25, -0.2) is 0 Å². The molecule has 4 aromatic carbocycles. The van der Waals surface area contributed by atoms with E-state index in [1.807, 2.05) is 98.3 Å². The maximum Gasteiger partial charge on any atom is 0.0952 e. The number of hydrazone groups is 1. The normalized spacial score (nSPS) is 12.7. The van der Waals surface area contributed by atoms with E-state index in [0.29, 0.717) is 11.5 Å². The van der Waals surface area contributed by atoms with Crippen molar-refractivity contribution in [1.82, 2.24) is 9.55 Å². The van der Waals surface area contributed by atoms with Gasteiger partial charge in [0.05, 0.1) is 17.4 Å². The third-order valence-corrected chi connectivity index (χ3v) is 6.52. The van der Waals surface area contributed by atoms with Gasteiger partial charge in [-0.2, -0.15) is 11.2 Å². The summed E-state index contributed by atoms with van der Waals surface area (Å²) >= 11 is 0. The van der Waals surface area contributed by atoms with E-state index in [2.05, 4.69) is 53.0 Å². The average molecular weight is 692 g/mol. The molecule has 6 nitrogen and oxygen atoms in total. The third-order valence-electron chi connectivity index (χ3n) is 6.52. The Balaban J connectivity index is 0.00000308. The molecule has 5 aromatic rings. The Hall–Kier alpha value is -4.15. The Morgan fingerprint density at radius 1 is 0.769 bits per heavy atom. The standard InChI is InChI=1S/C32H26N5O.Pt/c1-23-31(25-12-6-4-7-13-25)33-32(35(23)3)26-14-10-18-29(20-26)38-30-19-11-17-28(21-30)37-22-36(24(2)34-37)27-15-8-5-9-16-27;/h4-19,22H,1-3H3;/q-3;. The van der Waals surface area contributed by atoms with Gasteiger partial charge in [-0.3, -0.25) is 4.98 Å². The number of ether oxygens (including phenoxy) is 1. The summed E-state index contributed by atoms with van der Waals surface area (Å²) < 4.78 is 8.28. The minimum Gasteiger partial charge on any atom is -0.503 e. The van der Waals surface area contributed by atoms with Crippen LogP contribution in [0.5, 0.6) is 11.5 Å². The van der Waals surface area contributed by atoms with Crippen molar-refractivity contribution in [2.45, 2.75) is 13.8 Å². The van der Waals surface area contributed by atoms with Gasteiger partial charge in [-0.15, -0.1) is 48.6 Å². The van der Waals surface area contributed by atoms with Gasteiger partial charge >= 0.3 is 0 Å². The summed E-state index contributed by atoms with van der Waals surface area (Å²) in [5, 5.41) is 6.48. The fraction of sp³-hybridized carbons (Fsp3) is 0.0938. The monoisotopic (exact) mass is 691 g/mol. The molecule has 2 heterocycles. The van der Waals surface area contributed by atoms with Gasteiger partial charge in [-0.05, 0) is 26.0 Å². The Labute approximate surface area is 243 Å². The number of para-hydroxylation sites is 1. The Kier molecular flexibility index (Phi) is 7.67. The Morgan fingerprint density at radius 2 is 1.44 bits per heavy atom. The van der Waals surface area contributed by atoms with Gasteiger partial charge in [0.25, 0.3) is 0 Å². The van der Waals surface area contributed by atoms with Crippen molar-refractivity contribution in [3.05, 3.63) is 122 Å². The van der Waals surface area contributed by atoms with Crippen molar-refractivity contribution in [2.75, 3.05) is 9.91 Å². The molecule has 6 rings (SSSR count). The van der Waals surface area contributed by atoms with Gasteiger partial charge < -0.3 is 19.2 Å². The first kappa shape index (κ1) is 26.5. The van der Waals surface area contributed by atoms with Crippen LogP contribution in [0.2, 0.25) is 0 Å². The second-order valence-corrected chi connectivity index (χ2v) is 9.04. The van der Waals surface area contributed by atoms with E-state index >= 15 is 0 Å². The van der Waals surface area contributed by atoms with Crippen LogP contribution in [0, 0.1) is 25.7 Å². The molecule has 39 heavy (non-hydrogen) atoms. The predicted octanol–water partition coefficient (Wildman–Crippen LogP) is 7.23. The van der Waals surface area contributed by atoms with Crippen LogP contribution in [0.1, 0.15) is 12.6 Å². The molecule has 0 radical (unpaired) electrons. The van der Waals surface area contributed by atoms with Crippen LogP contribution in [0.15, 0.2) is 102 Å². The summed E-state index contributed by atoms with van der Waals surface area (Å²) in [6.45, 7) is 6.01. The molecule has 1 aliphatic rings. The van der Waals surface area contributed by atoms with E-state index in [1.165, 1.54) is 0 Å². The number of nitrogens with zero attached hydrogens (tertiary/aromatic N) is 5. The number of benzene rings is 4. The first-order chi connectivity index (χ1) is 18.6. The van der Waals surface area contributed by atoms with Gasteiger partial charge in [0.15, 0.2) is 0 Å². The van der Waals surface area contributed by atoms with E-state index in [1.54, 1.807) is 5.01 Å². The number of anilines is 2. The molecule has 0 fully saturated rings. The quantitative estimate of drug-likeness (QED) is 0.176. The number of hydrogen-bond acceptors (Lipinski definition) is 5.